The minimum atomic E-state index is 0.145. The van der Waals surface area contributed by atoms with E-state index in [0.717, 1.165) is 12.2 Å². The van der Waals surface area contributed by atoms with Crippen LogP contribution in [0, 0.1) is 22.7 Å². The van der Waals surface area contributed by atoms with Crippen molar-refractivity contribution in [2.75, 3.05) is 11.5 Å². The first-order valence-corrected chi connectivity index (χ1v) is 4.86. The Kier molecular flexibility index (Phi) is 3.50. The fourth-order valence-electron chi connectivity index (χ4n) is 0.957. The predicted octanol–water partition coefficient (Wildman–Crippen LogP) is 1.01. The van der Waals surface area contributed by atoms with E-state index in [9.17, 15) is 0 Å². The molecule has 0 radical (unpaired) electrons. The molecule has 0 aliphatic carbocycles. The average Bonchev–Trinajstić information content (AvgIpc) is 2.59. The van der Waals surface area contributed by atoms with Gasteiger partial charge < -0.3 is 5.32 Å². The van der Waals surface area contributed by atoms with E-state index >= 15 is 0 Å². The van der Waals surface area contributed by atoms with Crippen LogP contribution < -0.4 is 5.32 Å². The van der Waals surface area contributed by atoms with Crippen molar-refractivity contribution >= 4 is 11.8 Å². The minimum Gasteiger partial charge on any atom is -0.386 e. The molecule has 4 heteroatoms. The number of nitrogens with one attached hydrogen (secondary N) is 1. The third kappa shape index (κ3) is 2.48. The van der Waals surface area contributed by atoms with Gasteiger partial charge in [-0.25, -0.2) is 0 Å². The van der Waals surface area contributed by atoms with Crippen molar-refractivity contribution in [3.05, 3.63) is 11.8 Å². The third-order valence-electron chi connectivity index (χ3n) is 1.63. The molecule has 12 heavy (non-hydrogen) atoms. The Morgan fingerprint density at radius 2 is 2.25 bits per heavy atom. The average molecular weight is 179 g/mol. The molecule has 1 saturated heterocycles. The van der Waals surface area contributed by atoms with Crippen molar-refractivity contribution in [2.24, 2.45) is 0 Å². The monoisotopic (exact) mass is 179 g/mol. The number of hydrogen-bond acceptors (Lipinski definition) is 4. The molecule has 1 aliphatic rings. The SMILES string of the molecule is N#CC(C#N)=CN[C@@H]1CCSC1. The molecule has 1 heterocycles. The zero-order chi connectivity index (χ0) is 8.81. The summed E-state index contributed by atoms with van der Waals surface area (Å²) in [4.78, 5) is 0. The van der Waals surface area contributed by atoms with Crippen molar-refractivity contribution in [2.45, 2.75) is 12.5 Å². The molecule has 1 atom stereocenters. The van der Waals surface area contributed by atoms with Gasteiger partial charge in [0, 0.05) is 18.0 Å². The molecule has 1 fully saturated rings. The normalized spacial score (nSPS) is 20.7. The molecular formula is C8H9N3S. The molecule has 62 valence electrons. The molecule has 1 aliphatic heterocycles. The first-order chi connectivity index (χ1) is 5.86. The molecule has 0 amide bonds. The quantitative estimate of drug-likeness (QED) is 0.643. The fraction of sp³-hybridized carbons (Fsp3) is 0.500. The highest BCUT2D eigenvalue weighted by Gasteiger charge is 2.13. The number of nitrogens with zero attached hydrogens (tertiary/aromatic N) is 2. The highest BCUT2D eigenvalue weighted by atomic mass is 32.2. The van der Waals surface area contributed by atoms with Crippen LogP contribution >= 0.6 is 11.8 Å². The van der Waals surface area contributed by atoms with Gasteiger partial charge in [-0.1, -0.05) is 0 Å². The van der Waals surface area contributed by atoms with Crippen LogP contribution in [0.1, 0.15) is 6.42 Å². The molecule has 0 aromatic carbocycles. The number of thioether (sulfide) groups is 1. The number of nitriles is 2. The number of allylic oxidation sites excluding steroid dienone is 1. The van der Waals surface area contributed by atoms with Gasteiger partial charge in [0.25, 0.3) is 0 Å². The van der Waals surface area contributed by atoms with Gasteiger partial charge in [0.15, 0.2) is 0 Å². The highest BCUT2D eigenvalue weighted by molar-refractivity contribution is 7.99. The summed E-state index contributed by atoms with van der Waals surface area (Å²) < 4.78 is 0. The van der Waals surface area contributed by atoms with E-state index in [4.69, 9.17) is 10.5 Å². The predicted molar refractivity (Wildman–Crippen MR) is 48.2 cm³/mol. The Balaban J connectivity index is 2.38. The van der Waals surface area contributed by atoms with E-state index in [2.05, 4.69) is 5.32 Å². The van der Waals surface area contributed by atoms with Crippen LogP contribution in [0.2, 0.25) is 0 Å². The lowest BCUT2D eigenvalue weighted by molar-refractivity contribution is 0.652. The molecule has 0 saturated carbocycles. The van der Waals surface area contributed by atoms with Crippen LogP contribution in [0.4, 0.5) is 0 Å². The zero-order valence-corrected chi connectivity index (χ0v) is 7.40. The van der Waals surface area contributed by atoms with Crippen LogP contribution in [0.5, 0.6) is 0 Å². The lowest BCUT2D eigenvalue weighted by Gasteiger charge is -2.06. The molecule has 0 spiro atoms. The number of rotatable bonds is 2. The van der Waals surface area contributed by atoms with Gasteiger partial charge in [-0.15, -0.1) is 0 Å². The molecule has 0 aromatic heterocycles. The van der Waals surface area contributed by atoms with Gasteiger partial charge in [0.2, 0.25) is 0 Å². The lowest BCUT2D eigenvalue weighted by atomic mass is 10.2. The molecule has 3 nitrogen and oxygen atoms in total. The minimum absolute atomic E-state index is 0.145. The first-order valence-electron chi connectivity index (χ1n) is 3.71. The summed E-state index contributed by atoms with van der Waals surface area (Å²) in [6.07, 6.45) is 2.63. The van der Waals surface area contributed by atoms with Crippen LogP contribution in [-0.2, 0) is 0 Å². The Morgan fingerprint density at radius 3 is 2.75 bits per heavy atom. The fourth-order valence-corrected chi connectivity index (χ4v) is 2.12. The maximum atomic E-state index is 8.41. The van der Waals surface area contributed by atoms with Gasteiger partial charge in [-0.3, -0.25) is 0 Å². The second kappa shape index (κ2) is 4.69. The largest absolute Gasteiger partial charge is 0.386 e. The second-order valence-corrected chi connectivity index (χ2v) is 3.66. The lowest BCUT2D eigenvalue weighted by Crippen LogP contribution is -2.23. The van der Waals surface area contributed by atoms with E-state index in [1.54, 1.807) is 12.1 Å². The molecule has 0 unspecified atom stereocenters. The van der Waals surface area contributed by atoms with Crippen molar-refractivity contribution in [3.8, 4) is 12.1 Å². The molecule has 1 N–H and O–H groups in total. The Labute approximate surface area is 76.1 Å². The highest BCUT2D eigenvalue weighted by Crippen LogP contribution is 2.16. The van der Waals surface area contributed by atoms with Crippen molar-refractivity contribution < 1.29 is 0 Å². The molecular weight excluding hydrogens is 170 g/mol. The summed E-state index contributed by atoms with van der Waals surface area (Å²) in [5.41, 5.74) is 0.145. The van der Waals surface area contributed by atoms with E-state index in [0.29, 0.717) is 6.04 Å². The third-order valence-corrected chi connectivity index (χ3v) is 2.80. The van der Waals surface area contributed by atoms with E-state index in [1.165, 1.54) is 12.0 Å². The van der Waals surface area contributed by atoms with Crippen molar-refractivity contribution in [1.82, 2.24) is 5.32 Å². The molecule has 0 aromatic rings. The molecule has 0 bridgehead atoms. The van der Waals surface area contributed by atoms with Gasteiger partial charge in [0.1, 0.15) is 17.7 Å². The van der Waals surface area contributed by atoms with Crippen LogP contribution in [-0.4, -0.2) is 17.5 Å². The van der Waals surface area contributed by atoms with E-state index < -0.39 is 0 Å². The summed E-state index contributed by atoms with van der Waals surface area (Å²) in [5, 5.41) is 19.9. The van der Waals surface area contributed by atoms with Crippen molar-refractivity contribution in [1.29, 1.82) is 10.5 Å². The smallest absolute Gasteiger partial charge is 0.145 e. The first kappa shape index (κ1) is 8.96. The summed E-state index contributed by atoms with van der Waals surface area (Å²) in [6, 6.07) is 4.05. The number of hydrogen-bond donors (Lipinski definition) is 1. The van der Waals surface area contributed by atoms with E-state index in [-0.39, 0.29) is 5.57 Å². The standard InChI is InChI=1S/C8H9N3S/c9-3-7(4-10)5-11-8-1-2-12-6-8/h5,8,11H,1-2,6H2/t8-/m1/s1. The van der Waals surface area contributed by atoms with Crippen molar-refractivity contribution in [3.63, 3.8) is 0 Å². The molecule has 1 rings (SSSR count). The van der Waals surface area contributed by atoms with Gasteiger partial charge >= 0.3 is 0 Å². The van der Waals surface area contributed by atoms with Gasteiger partial charge in [0.05, 0.1) is 0 Å². The maximum Gasteiger partial charge on any atom is 0.145 e. The topological polar surface area (TPSA) is 59.6 Å². The van der Waals surface area contributed by atoms with E-state index in [1.807, 2.05) is 11.8 Å². The van der Waals surface area contributed by atoms with Gasteiger partial charge in [-0.2, -0.15) is 22.3 Å². The van der Waals surface area contributed by atoms with Gasteiger partial charge in [-0.05, 0) is 12.2 Å². The summed E-state index contributed by atoms with van der Waals surface area (Å²) >= 11 is 1.89. The van der Waals surface area contributed by atoms with Crippen LogP contribution in [0.25, 0.3) is 0 Å². The summed E-state index contributed by atoms with van der Waals surface area (Å²) in [7, 11) is 0. The second-order valence-electron chi connectivity index (χ2n) is 2.51. The Hall–Kier alpha value is -1.13. The van der Waals surface area contributed by atoms with Crippen LogP contribution in [0.3, 0.4) is 0 Å². The Bertz CT molecular complexity index is 236. The summed E-state index contributed by atoms with van der Waals surface area (Å²) in [5.74, 6) is 2.24. The Morgan fingerprint density at radius 1 is 1.50 bits per heavy atom. The zero-order valence-electron chi connectivity index (χ0n) is 6.58. The maximum absolute atomic E-state index is 8.41. The summed E-state index contributed by atoms with van der Waals surface area (Å²) in [6.45, 7) is 0. The van der Waals surface area contributed by atoms with Crippen LogP contribution in [0.15, 0.2) is 11.8 Å².